The highest BCUT2D eigenvalue weighted by Crippen LogP contribution is 2.23. The highest BCUT2D eigenvalue weighted by atomic mass is 28.3. The standard InChI is InChI=1S/C15H32O2Si/c1-7-9-11-15(3,10-8-2)17-14-16-12-13-18(4,5)6/h8H,2,7,9-14H2,1,3-6H3. The molecule has 0 aromatic rings. The molecule has 108 valence electrons. The summed E-state index contributed by atoms with van der Waals surface area (Å²) in [6.07, 6.45) is 6.31. The summed E-state index contributed by atoms with van der Waals surface area (Å²) in [6, 6.07) is 1.20. The van der Waals surface area contributed by atoms with Crippen molar-refractivity contribution in [3.8, 4) is 0 Å². The summed E-state index contributed by atoms with van der Waals surface area (Å²) in [5, 5.41) is 0. The fourth-order valence-electron chi connectivity index (χ4n) is 1.71. The van der Waals surface area contributed by atoms with Gasteiger partial charge >= 0.3 is 0 Å². The molecule has 0 aliphatic carbocycles. The van der Waals surface area contributed by atoms with E-state index in [-0.39, 0.29) is 5.60 Å². The van der Waals surface area contributed by atoms with E-state index in [9.17, 15) is 0 Å². The van der Waals surface area contributed by atoms with E-state index in [1.54, 1.807) is 0 Å². The van der Waals surface area contributed by atoms with Crippen LogP contribution in [0.5, 0.6) is 0 Å². The first kappa shape index (κ1) is 17.9. The van der Waals surface area contributed by atoms with Crippen LogP contribution in [0.1, 0.15) is 39.5 Å². The normalized spacial score (nSPS) is 15.4. The number of ether oxygens (including phenoxy) is 2. The molecule has 0 rings (SSSR count). The van der Waals surface area contributed by atoms with Crippen LogP contribution in [-0.2, 0) is 9.47 Å². The minimum atomic E-state index is -0.986. The van der Waals surface area contributed by atoms with Crippen molar-refractivity contribution in [2.45, 2.75) is 70.8 Å². The van der Waals surface area contributed by atoms with Gasteiger partial charge in [-0.05, 0) is 25.8 Å². The molecule has 0 aliphatic rings. The number of hydrogen-bond donors (Lipinski definition) is 0. The average Bonchev–Trinajstić information content (AvgIpc) is 2.25. The van der Waals surface area contributed by atoms with E-state index in [4.69, 9.17) is 9.47 Å². The number of rotatable bonds is 11. The van der Waals surface area contributed by atoms with Crippen molar-refractivity contribution in [1.29, 1.82) is 0 Å². The van der Waals surface area contributed by atoms with Crippen molar-refractivity contribution in [1.82, 2.24) is 0 Å². The van der Waals surface area contributed by atoms with Crippen molar-refractivity contribution >= 4 is 8.07 Å². The maximum absolute atomic E-state index is 5.91. The van der Waals surface area contributed by atoms with Crippen molar-refractivity contribution < 1.29 is 9.47 Å². The zero-order valence-corrected chi connectivity index (χ0v) is 14.1. The maximum atomic E-state index is 5.91. The van der Waals surface area contributed by atoms with Gasteiger partial charge in [-0.25, -0.2) is 0 Å². The first-order valence-electron chi connectivity index (χ1n) is 7.15. The highest BCUT2D eigenvalue weighted by molar-refractivity contribution is 6.76. The van der Waals surface area contributed by atoms with Crippen molar-refractivity contribution in [2.75, 3.05) is 13.4 Å². The predicted octanol–water partition coefficient (Wildman–Crippen LogP) is 4.84. The third-order valence-electron chi connectivity index (χ3n) is 3.12. The molecule has 0 amide bonds. The Morgan fingerprint density at radius 2 is 1.94 bits per heavy atom. The van der Waals surface area contributed by atoms with Crippen LogP contribution in [0.25, 0.3) is 0 Å². The van der Waals surface area contributed by atoms with E-state index in [0.29, 0.717) is 6.79 Å². The van der Waals surface area contributed by atoms with Gasteiger partial charge in [0, 0.05) is 14.7 Å². The van der Waals surface area contributed by atoms with Crippen molar-refractivity contribution in [3.63, 3.8) is 0 Å². The minimum Gasteiger partial charge on any atom is -0.356 e. The number of unbranched alkanes of at least 4 members (excludes halogenated alkanes) is 1. The van der Waals surface area contributed by atoms with Gasteiger partial charge in [-0.15, -0.1) is 6.58 Å². The van der Waals surface area contributed by atoms with Crippen molar-refractivity contribution in [2.24, 2.45) is 0 Å². The number of hydrogen-bond acceptors (Lipinski definition) is 2. The first-order valence-corrected chi connectivity index (χ1v) is 10.9. The molecule has 0 radical (unpaired) electrons. The largest absolute Gasteiger partial charge is 0.356 e. The van der Waals surface area contributed by atoms with Crippen LogP contribution in [0, 0.1) is 0 Å². The zero-order valence-electron chi connectivity index (χ0n) is 13.1. The van der Waals surface area contributed by atoms with Crippen LogP contribution in [0.3, 0.4) is 0 Å². The maximum Gasteiger partial charge on any atom is 0.147 e. The van der Waals surface area contributed by atoms with E-state index >= 15 is 0 Å². The molecule has 0 saturated carbocycles. The van der Waals surface area contributed by atoms with Gasteiger partial charge in [-0.1, -0.05) is 45.5 Å². The Labute approximate surface area is 115 Å². The molecular formula is C15H32O2Si. The second-order valence-electron chi connectivity index (χ2n) is 6.53. The Morgan fingerprint density at radius 3 is 2.44 bits per heavy atom. The van der Waals surface area contributed by atoms with Crippen LogP contribution < -0.4 is 0 Å². The summed E-state index contributed by atoms with van der Waals surface area (Å²) in [5.41, 5.74) is -0.100. The molecule has 2 nitrogen and oxygen atoms in total. The molecular weight excluding hydrogens is 240 g/mol. The molecule has 0 aromatic carbocycles. The molecule has 1 unspecified atom stereocenters. The lowest BCUT2D eigenvalue weighted by Gasteiger charge is -2.29. The fraction of sp³-hybridized carbons (Fsp3) is 0.867. The average molecular weight is 273 g/mol. The Balaban J connectivity index is 3.86. The molecule has 0 bridgehead atoms. The molecule has 18 heavy (non-hydrogen) atoms. The molecule has 0 aromatic heterocycles. The first-order chi connectivity index (χ1) is 8.33. The third-order valence-corrected chi connectivity index (χ3v) is 4.83. The molecule has 0 fully saturated rings. The topological polar surface area (TPSA) is 18.5 Å². The lowest BCUT2D eigenvalue weighted by atomic mass is 9.95. The fourth-order valence-corrected chi connectivity index (χ4v) is 2.47. The van der Waals surface area contributed by atoms with Gasteiger partial charge in [0.25, 0.3) is 0 Å². The molecule has 1 atom stereocenters. The molecule has 0 saturated heterocycles. The van der Waals surface area contributed by atoms with Gasteiger partial charge in [-0.2, -0.15) is 0 Å². The van der Waals surface area contributed by atoms with Crippen molar-refractivity contribution in [3.05, 3.63) is 12.7 Å². The van der Waals surface area contributed by atoms with E-state index in [1.165, 1.54) is 18.9 Å². The predicted molar refractivity (Wildman–Crippen MR) is 82.8 cm³/mol. The zero-order chi connectivity index (χ0) is 14.1. The Bertz CT molecular complexity index is 223. The summed E-state index contributed by atoms with van der Waals surface area (Å²) in [7, 11) is -0.986. The second kappa shape index (κ2) is 8.89. The highest BCUT2D eigenvalue weighted by Gasteiger charge is 2.22. The molecule has 0 aliphatic heterocycles. The van der Waals surface area contributed by atoms with Crippen LogP contribution in [0.15, 0.2) is 12.7 Å². The van der Waals surface area contributed by atoms with Gasteiger partial charge < -0.3 is 9.47 Å². The molecule has 0 N–H and O–H groups in total. The van der Waals surface area contributed by atoms with E-state index in [2.05, 4.69) is 40.1 Å². The molecule has 0 heterocycles. The summed E-state index contributed by atoms with van der Waals surface area (Å²) in [4.78, 5) is 0. The van der Waals surface area contributed by atoms with Crippen LogP contribution in [0.4, 0.5) is 0 Å². The molecule has 3 heteroatoms. The van der Waals surface area contributed by atoms with Gasteiger partial charge in [0.2, 0.25) is 0 Å². The summed E-state index contributed by atoms with van der Waals surface area (Å²) in [5.74, 6) is 0. The van der Waals surface area contributed by atoms with Gasteiger partial charge in [-0.3, -0.25) is 0 Å². The van der Waals surface area contributed by atoms with E-state index in [1.807, 2.05) is 6.08 Å². The Hall–Kier alpha value is -0.123. The second-order valence-corrected chi connectivity index (χ2v) is 12.1. The Kier molecular flexibility index (Phi) is 8.83. The monoisotopic (exact) mass is 272 g/mol. The lowest BCUT2D eigenvalue weighted by Crippen LogP contribution is -2.30. The van der Waals surface area contributed by atoms with E-state index < -0.39 is 8.07 Å². The minimum absolute atomic E-state index is 0.100. The van der Waals surface area contributed by atoms with Gasteiger partial charge in [0.05, 0.1) is 5.60 Å². The van der Waals surface area contributed by atoms with Gasteiger partial charge in [0.15, 0.2) is 0 Å². The van der Waals surface area contributed by atoms with Gasteiger partial charge in [0.1, 0.15) is 6.79 Å². The summed E-state index contributed by atoms with van der Waals surface area (Å²) >= 11 is 0. The summed E-state index contributed by atoms with van der Waals surface area (Å²) < 4.78 is 11.5. The SMILES string of the molecule is C=CCC(C)(CCCC)OCOCC[Si](C)(C)C. The smallest absolute Gasteiger partial charge is 0.147 e. The Morgan fingerprint density at radius 1 is 1.28 bits per heavy atom. The van der Waals surface area contributed by atoms with Crippen LogP contribution in [0.2, 0.25) is 25.7 Å². The summed E-state index contributed by atoms with van der Waals surface area (Å²) in [6.45, 7) is 16.5. The lowest BCUT2D eigenvalue weighted by molar-refractivity contribution is -0.135. The molecule has 0 spiro atoms. The quantitative estimate of drug-likeness (QED) is 0.232. The van der Waals surface area contributed by atoms with E-state index in [0.717, 1.165) is 19.4 Å². The van der Waals surface area contributed by atoms with Crippen LogP contribution >= 0.6 is 0 Å². The third kappa shape index (κ3) is 9.86. The van der Waals surface area contributed by atoms with Crippen LogP contribution in [-0.4, -0.2) is 27.1 Å².